The number of rotatable bonds is 11. The predicted octanol–water partition coefficient (Wildman–Crippen LogP) is 5.30. The zero-order valence-corrected chi connectivity index (χ0v) is 21.3. The summed E-state index contributed by atoms with van der Waals surface area (Å²) in [7, 11) is 1.61. The van der Waals surface area contributed by atoms with Gasteiger partial charge in [0.1, 0.15) is 11.8 Å². The second kappa shape index (κ2) is 13.0. The van der Waals surface area contributed by atoms with Crippen LogP contribution >= 0.6 is 11.6 Å². The molecule has 0 aromatic heterocycles. The SMILES string of the molecule is COc1ccc(CC(=O)N(Cc2ccccc2Cl)[C@H](Cc2ccccc2)C(=O)NCC(C)C)cc1. The van der Waals surface area contributed by atoms with Gasteiger partial charge in [0.05, 0.1) is 13.5 Å². The largest absolute Gasteiger partial charge is 0.497 e. The van der Waals surface area contributed by atoms with Gasteiger partial charge in [0.25, 0.3) is 0 Å². The van der Waals surface area contributed by atoms with Crippen LogP contribution in [0.4, 0.5) is 0 Å². The number of ether oxygens (including phenoxy) is 1. The van der Waals surface area contributed by atoms with E-state index in [4.69, 9.17) is 16.3 Å². The molecule has 0 fully saturated rings. The number of amides is 2. The fourth-order valence-electron chi connectivity index (χ4n) is 3.81. The van der Waals surface area contributed by atoms with Crippen LogP contribution in [0.2, 0.25) is 5.02 Å². The third kappa shape index (κ3) is 7.86. The molecule has 0 spiro atoms. The molecule has 0 heterocycles. The van der Waals surface area contributed by atoms with E-state index in [1.54, 1.807) is 18.1 Å². The van der Waals surface area contributed by atoms with Crippen LogP contribution in [0.15, 0.2) is 78.9 Å². The number of nitrogens with zero attached hydrogens (tertiary/aromatic N) is 1. The highest BCUT2D eigenvalue weighted by Gasteiger charge is 2.30. The van der Waals surface area contributed by atoms with Crippen LogP contribution in [-0.2, 0) is 29.0 Å². The molecule has 5 nitrogen and oxygen atoms in total. The lowest BCUT2D eigenvalue weighted by Crippen LogP contribution is -2.51. The van der Waals surface area contributed by atoms with E-state index < -0.39 is 6.04 Å². The molecule has 35 heavy (non-hydrogen) atoms. The van der Waals surface area contributed by atoms with Gasteiger partial charge in [-0.2, -0.15) is 0 Å². The number of halogens is 1. The first-order chi connectivity index (χ1) is 16.9. The summed E-state index contributed by atoms with van der Waals surface area (Å²) in [5, 5.41) is 3.60. The van der Waals surface area contributed by atoms with Crippen LogP contribution in [0.3, 0.4) is 0 Å². The standard InChI is InChI=1S/C29H33ClN2O3/c1-21(2)19-31-29(34)27(17-22-9-5-4-6-10-22)32(20-24-11-7-8-12-26(24)30)28(33)18-23-13-15-25(35-3)16-14-23/h4-16,21,27H,17-20H2,1-3H3,(H,31,34)/t27-/m1/s1. The number of carbonyl (C=O) groups excluding carboxylic acids is 2. The van der Waals surface area contributed by atoms with E-state index in [0.717, 1.165) is 22.4 Å². The number of hydrogen-bond acceptors (Lipinski definition) is 3. The average Bonchev–Trinajstić information content (AvgIpc) is 2.86. The van der Waals surface area contributed by atoms with Gasteiger partial charge in [0, 0.05) is 24.5 Å². The van der Waals surface area contributed by atoms with Crippen LogP contribution in [0.5, 0.6) is 5.75 Å². The topological polar surface area (TPSA) is 58.6 Å². The number of benzene rings is 3. The molecular weight excluding hydrogens is 460 g/mol. The van der Waals surface area contributed by atoms with Gasteiger partial charge in [0.15, 0.2) is 0 Å². The van der Waals surface area contributed by atoms with Crippen molar-refractivity contribution in [3.63, 3.8) is 0 Å². The number of nitrogens with one attached hydrogen (secondary N) is 1. The summed E-state index contributed by atoms with van der Waals surface area (Å²) in [6.07, 6.45) is 0.570. The van der Waals surface area contributed by atoms with E-state index in [-0.39, 0.29) is 24.8 Å². The maximum absolute atomic E-state index is 13.7. The van der Waals surface area contributed by atoms with Crippen LogP contribution in [0, 0.1) is 5.92 Å². The zero-order chi connectivity index (χ0) is 25.2. The molecule has 0 aliphatic rings. The highest BCUT2D eigenvalue weighted by molar-refractivity contribution is 6.31. The van der Waals surface area contributed by atoms with E-state index in [0.29, 0.717) is 23.9 Å². The van der Waals surface area contributed by atoms with E-state index in [1.807, 2.05) is 86.6 Å². The Morgan fingerprint density at radius 1 is 0.914 bits per heavy atom. The fourth-order valence-corrected chi connectivity index (χ4v) is 4.00. The van der Waals surface area contributed by atoms with Crippen molar-refractivity contribution in [2.75, 3.05) is 13.7 Å². The van der Waals surface area contributed by atoms with Gasteiger partial charge in [-0.25, -0.2) is 0 Å². The minimum atomic E-state index is -0.682. The van der Waals surface area contributed by atoms with E-state index in [9.17, 15) is 9.59 Å². The molecule has 2 amide bonds. The Labute approximate surface area is 213 Å². The summed E-state index contributed by atoms with van der Waals surface area (Å²) < 4.78 is 5.23. The molecule has 3 rings (SSSR count). The lowest BCUT2D eigenvalue weighted by molar-refractivity contribution is -0.140. The van der Waals surface area contributed by atoms with Crippen molar-refractivity contribution in [3.05, 3.63) is 101 Å². The molecule has 0 aliphatic carbocycles. The smallest absolute Gasteiger partial charge is 0.243 e. The number of carbonyl (C=O) groups is 2. The molecule has 0 bridgehead atoms. The Morgan fingerprint density at radius 3 is 2.20 bits per heavy atom. The second-order valence-electron chi connectivity index (χ2n) is 8.98. The molecular formula is C29H33ClN2O3. The van der Waals surface area contributed by atoms with Crippen LogP contribution in [0.1, 0.15) is 30.5 Å². The van der Waals surface area contributed by atoms with Gasteiger partial charge in [-0.1, -0.05) is 86.1 Å². The van der Waals surface area contributed by atoms with Crippen LogP contribution < -0.4 is 10.1 Å². The van der Waals surface area contributed by atoms with Crippen molar-refractivity contribution in [1.82, 2.24) is 10.2 Å². The maximum atomic E-state index is 13.7. The third-order valence-corrected chi connectivity index (χ3v) is 6.14. The van der Waals surface area contributed by atoms with Gasteiger partial charge in [0.2, 0.25) is 11.8 Å². The summed E-state index contributed by atoms with van der Waals surface area (Å²) in [6.45, 7) is 4.86. The van der Waals surface area contributed by atoms with Crippen molar-refractivity contribution in [1.29, 1.82) is 0 Å². The second-order valence-corrected chi connectivity index (χ2v) is 9.39. The highest BCUT2D eigenvalue weighted by Crippen LogP contribution is 2.22. The summed E-state index contributed by atoms with van der Waals surface area (Å²) in [5.74, 6) is 0.709. The maximum Gasteiger partial charge on any atom is 0.243 e. The highest BCUT2D eigenvalue weighted by atomic mass is 35.5. The molecule has 0 saturated heterocycles. The molecule has 0 unspecified atom stereocenters. The third-order valence-electron chi connectivity index (χ3n) is 5.77. The quantitative estimate of drug-likeness (QED) is 0.395. The minimum absolute atomic E-state index is 0.143. The van der Waals surface area contributed by atoms with Crippen LogP contribution in [-0.4, -0.2) is 36.4 Å². The van der Waals surface area contributed by atoms with Gasteiger partial charge in [-0.05, 0) is 40.8 Å². The first kappa shape index (κ1) is 26.3. The first-order valence-electron chi connectivity index (χ1n) is 11.8. The predicted molar refractivity (Wildman–Crippen MR) is 140 cm³/mol. The first-order valence-corrected chi connectivity index (χ1v) is 12.2. The van der Waals surface area contributed by atoms with Crippen molar-refractivity contribution in [2.24, 2.45) is 5.92 Å². The van der Waals surface area contributed by atoms with Crippen molar-refractivity contribution >= 4 is 23.4 Å². The summed E-state index contributed by atoms with van der Waals surface area (Å²) in [5.41, 5.74) is 2.63. The molecule has 1 atom stereocenters. The normalized spacial score (nSPS) is 11.7. The molecule has 6 heteroatoms. The summed E-state index contributed by atoms with van der Waals surface area (Å²) in [4.78, 5) is 28.8. The lowest BCUT2D eigenvalue weighted by Gasteiger charge is -2.32. The fraction of sp³-hybridized carbons (Fsp3) is 0.310. The zero-order valence-electron chi connectivity index (χ0n) is 20.5. The molecule has 1 N–H and O–H groups in total. The molecule has 3 aromatic rings. The molecule has 3 aromatic carbocycles. The minimum Gasteiger partial charge on any atom is -0.497 e. The Bertz CT molecular complexity index is 1100. The lowest BCUT2D eigenvalue weighted by atomic mass is 10.0. The van der Waals surface area contributed by atoms with E-state index in [1.165, 1.54) is 0 Å². The van der Waals surface area contributed by atoms with Crippen molar-refractivity contribution < 1.29 is 14.3 Å². The molecule has 0 saturated carbocycles. The van der Waals surface area contributed by atoms with Gasteiger partial charge in [-0.15, -0.1) is 0 Å². The Morgan fingerprint density at radius 2 is 1.57 bits per heavy atom. The van der Waals surface area contributed by atoms with Crippen LogP contribution in [0.25, 0.3) is 0 Å². The summed E-state index contributed by atoms with van der Waals surface area (Å²) in [6, 6.07) is 23.9. The molecule has 0 radical (unpaired) electrons. The number of methoxy groups -OCH3 is 1. The summed E-state index contributed by atoms with van der Waals surface area (Å²) >= 11 is 6.46. The molecule has 0 aliphatic heterocycles. The van der Waals surface area contributed by atoms with Gasteiger partial charge in [-0.3, -0.25) is 9.59 Å². The Hall–Kier alpha value is -3.31. The van der Waals surface area contributed by atoms with Gasteiger partial charge < -0.3 is 15.0 Å². The Kier molecular flexibility index (Phi) is 9.74. The monoisotopic (exact) mass is 492 g/mol. The van der Waals surface area contributed by atoms with Crippen molar-refractivity contribution in [3.8, 4) is 5.75 Å². The average molecular weight is 493 g/mol. The van der Waals surface area contributed by atoms with E-state index in [2.05, 4.69) is 5.32 Å². The van der Waals surface area contributed by atoms with Crippen molar-refractivity contribution in [2.45, 2.75) is 39.3 Å². The molecule has 184 valence electrons. The Balaban J connectivity index is 1.95. The van der Waals surface area contributed by atoms with Gasteiger partial charge >= 0.3 is 0 Å². The number of hydrogen-bond donors (Lipinski definition) is 1. The van der Waals surface area contributed by atoms with E-state index >= 15 is 0 Å².